The topological polar surface area (TPSA) is 59.9 Å². The first kappa shape index (κ1) is 25.1. The molecule has 5 nitrogen and oxygen atoms in total. The smallest absolute Gasteiger partial charge is 0.264 e. The van der Waals surface area contributed by atoms with Crippen molar-refractivity contribution in [2.75, 3.05) is 7.11 Å². The SMILES string of the molecule is COc1cc(/C=C2/SC(=Nc3cccc(Cl)c3Cl)NC2=O)cc(Br)c1OCc1ccc(Br)cc1. The number of hydrogen-bond donors (Lipinski definition) is 1. The Balaban J connectivity index is 1.54. The van der Waals surface area contributed by atoms with Gasteiger partial charge in [0.2, 0.25) is 0 Å². The molecule has 1 amide bonds. The molecule has 4 rings (SSSR count). The van der Waals surface area contributed by atoms with Crippen LogP contribution in [0.15, 0.2) is 73.4 Å². The summed E-state index contributed by atoms with van der Waals surface area (Å²) in [4.78, 5) is 17.4. The zero-order chi connectivity index (χ0) is 24.2. The quantitative estimate of drug-likeness (QED) is 0.277. The number of nitrogens with zero attached hydrogens (tertiary/aromatic N) is 1. The van der Waals surface area contributed by atoms with Crippen molar-refractivity contribution in [3.63, 3.8) is 0 Å². The summed E-state index contributed by atoms with van der Waals surface area (Å²) in [5, 5.41) is 3.89. The molecule has 0 aromatic heterocycles. The van der Waals surface area contributed by atoms with E-state index in [0.717, 1.165) is 15.6 Å². The Morgan fingerprint density at radius 1 is 1.12 bits per heavy atom. The van der Waals surface area contributed by atoms with Gasteiger partial charge in [-0.1, -0.05) is 57.3 Å². The van der Waals surface area contributed by atoms with Crippen molar-refractivity contribution in [2.24, 2.45) is 4.99 Å². The zero-order valence-corrected chi connectivity index (χ0v) is 23.1. The van der Waals surface area contributed by atoms with Gasteiger partial charge in [-0.3, -0.25) is 4.79 Å². The Hall–Kier alpha value is -1.97. The summed E-state index contributed by atoms with van der Waals surface area (Å²) in [5.74, 6) is 0.864. The number of carbonyl (C=O) groups is 1. The molecule has 0 atom stereocenters. The van der Waals surface area contributed by atoms with Crippen molar-refractivity contribution >= 4 is 89.7 Å². The van der Waals surface area contributed by atoms with Crippen molar-refractivity contribution in [1.29, 1.82) is 0 Å². The molecule has 1 fully saturated rings. The van der Waals surface area contributed by atoms with Crippen LogP contribution in [0.2, 0.25) is 10.0 Å². The number of amides is 1. The Bertz CT molecular complexity index is 1310. The highest BCUT2D eigenvalue weighted by atomic mass is 79.9. The lowest BCUT2D eigenvalue weighted by Crippen LogP contribution is -2.19. The van der Waals surface area contributed by atoms with Crippen molar-refractivity contribution in [3.8, 4) is 11.5 Å². The fourth-order valence-corrected chi connectivity index (χ4v) is 5.03. The van der Waals surface area contributed by atoms with Crippen LogP contribution in [-0.4, -0.2) is 18.2 Å². The van der Waals surface area contributed by atoms with E-state index in [2.05, 4.69) is 42.2 Å². The molecule has 1 saturated heterocycles. The molecule has 3 aromatic rings. The van der Waals surface area contributed by atoms with Crippen molar-refractivity contribution in [1.82, 2.24) is 5.32 Å². The van der Waals surface area contributed by atoms with Gasteiger partial charge < -0.3 is 14.8 Å². The number of halogens is 4. The Morgan fingerprint density at radius 2 is 1.88 bits per heavy atom. The number of aliphatic imine (C=N–C) groups is 1. The third-order valence-corrected chi connectivity index (χ3v) is 7.49. The van der Waals surface area contributed by atoms with Crippen LogP contribution < -0.4 is 14.8 Å². The van der Waals surface area contributed by atoms with Gasteiger partial charge in [-0.15, -0.1) is 0 Å². The van der Waals surface area contributed by atoms with E-state index in [-0.39, 0.29) is 5.91 Å². The monoisotopic (exact) mass is 640 g/mol. The molecule has 1 N–H and O–H groups in total. The van der Waals surface area contributed by atoms with Crippen LogP contribution in [0.25, 0.3) is 6.08 Å². The highest BCUT2D eigenvalue weighted by Crippen LogP contribution is 2.39. The lowest BCUT2D eigenvalue weighted by Gasteiger charge is -2.14. The van der Waals surface area contributed by atoms with Gasteiger partial charge in [0.1, 0.15) is 6.61 Å². The molecule has 3 aromatic carbocycles. The minimum absolute atomic E-state index is 0.257. The van der Waals surface area contributed by atoms with E-state index in [0.29, 0.717) is 48.4 Å². The first-order valence-electron chi connectivity index (χ1n) is 9.82. The van der Waals surface area contributed by atoms with Crippen LogP contribution in [0.3, 0.4) is 0 Å². The number of benzene rings is 3. The lowest BCUT2D eigenvalue weighted by molar-refractivity contribution is -0.115. The second kappa shape index (κ2) is 11.2. The lowest BCUT2D eigenvalue weighted by atomic mass is 10.2. The number of ether oxygens (including phenoxy) is 2. The van der Waals surface area contributed by atoms with Crippen molar-refractivity contribution < 1.29 is 14.3 Å². The molecule has 174 valence electrons. The molecule has 0 unspecified atom stereocenters. The van der Waals surface area contributed by atoms with E-state index < -0.39 is 0 Å². The second-order valence-electron chi connectivity index (χ2n) is 7.00. The standard InChI is InChI=1S/C24H16Br2Cl2N2O3S/c1-32-19-10-14(9-16(26)22(19)33-12-13-5-7-15(25)8-6-13)11-20-23(31)30-24(34-20)29-18-4-2-3-17(27)21(18)28/h2-11H,12H2,1H3,(H,29,30,31)/b20-11+. The average molecular weight is 643 g/mol. The van der Waals surface area contributed by atoms with Gasteiger partial charge in [0.05, 0.1) is 32.2 Å². The van der Waals surface area contributed by atoms with E-state index in [1.54, 1.807) is 31.4 Å². The van der Waals surface area contributed by atoms with E-state index in [1.165, 1.54) is 11.8 Å². The number of nitrogens with one attached hydrogen (secondary N) is 1. The minimum atomic E-state index is -0.257. The molecular weight excluding hydrogens is 627 g/mol. The van der Waals surface area contributed by atoms with Gasteiger partial charge in [0.25, 0.3) is 5.91 Å². The zero-order valence-electron chi connectivity index (χ0n) is 17.6. The maximum Gasteiger partial charge on any atom is 0.264 e. The van der Waals surface area contributed by atoms with Crippen LogP contribution in [0, 0.1) is 0 Å². The molecule has 1 heterocycles. The summed E-state index contributed by atoms with van der Waals surface area (Å²) in [6.07, 6.45) is 1.76. The van der Waals surface area contributed by atoms with Gasteiger partial charge in [-0.25, -0.2) is 4.99 Å². The fraction of sp³-hybridized carbons (Fsp3) is 0.0833. The Morgan fingerprint density at radius 3 is 2.62 bits per heavy atom. The third-order valence-electron chi connectivity index (χ3n) is 4.65. The van der Waals surface area contributed by atoms with Crippen LogP contribution in [0.1, 0.15) is 11.1 Å². The summed E-state index contributed by atoms with van der Waals surface area (Å²) in [6.45, 7) is 0.382. The number of rotatable bonds is 6. The van der Waals surface area contributed by atoms with E-state index in [1.807, 2.05) is 36.4 Å². The average Bonchev–Trinajstić information content (AvgIpc) is 3.15. The maximum absolute atomic E-state index is 12.5. The first-order valence-corrected chi connectivity index (χ1v) is 13.0. The summed E-state index contributed by atoms with van der Waals surface area (Å²) >= 11 is 20.5. The summed E-state index contributed by atoms with van der Waals surface area (Å²) in [7, 11) is 1.57. The Kier molecular flexibility index (Phi) is 8.26. The number of hydrogen-bond acceptors (Lipinski definition) is 5. The molecule has 1 aliphatic heterocycles. The summed E-state index contributed by atoms with van der Waals surface area (Å²) < 4.78 is 13.3. The molecule has 0 aliphatic carbocycles. The fourth-order valence-electron chi connectivity index (χ4n) is 3.02. The highest BCUT2D eigenvalue weighted by molar-refractivity contribution is 9.10. The van der Waals surface area contributed by atoms with Gasteiger partial charge in [-0.2, -0.15) is 0 Å². The largest absolute Gasteiger partial charge is 0.493 e. The number of carbonyl (C=O) groups excluding carboxylic acids is 1. The minimum Gasteiger partial charge on any atom is -0.493 e. The molecule has 0 saturated carbocycles. The molecule has 0 spiro atoms. The highest BCUT2D eigenvalue weighted by Gasteiger charge is 2.24. The van der Waals surface area contributed by atoms with Gasteiger partial charge in [0.15, 0.2) is 16.7 Å². The third kappa shape index (κ3) is 5.98. The molecule has 34 heavy (non-hydrogen) atoms. The van der Waals surface area contributed by atoms with Gasteiger partial charge in [0, 0.05) is 4.47 Å². The molecule has 1 aliphatic rings. The van der Waals surface area contributed by atoms with Crippen LogP contribution in [0.4, 0.5) is 5.69 Å². The van der Waals surface area contributed by atoms with Crippen molar-refractivity contribution in [3.05, 3.63) is 89.6 Å². The van der Waals surface area contributed by atoms with E-state index in [9.17, 15) is 4.79 Å². The van der Waals surface area contributed by atoms with Gasteiger partial charge >= 0.3 is 0 Å². The van der Waals surface area contributed by atoms with Crippen LogP contribution in [0.5, 0.6) is 11.5 Å². The van der Waals surface area contributed by atoms with Crippen LogP contribution >= 0.6 is 66.8 Å². The summed E-state index contributed by atoms with van der Waals surface area (Å²) in [6, 6.07) is 16.7. The summed E-state index contributed by atoms with van der Waals surface area (Å²) in [5.41, 5.74) is 2.27. The molecule has 10 heteroatoms. The van der Waals surface area contributed by atoms with E-state index in [4.69, 9.17) is 32.7 Å². The number of methoxy groups -OCH3 is 1. The number of thioether (sulfide) groups is 1. The van der Waals surface area contributed by atoms with Crippen molar-refractivity contribution in [2.45, 2.75) is 6.61 Å². The predicted octanol–water partition coefficient (Wildman–Crippen LogP) is 8.00. The van der Waals surface area contributed by atoms with E-state index >= 15 is 0 Å². The normalized spacial score (nSPS) is 15.6. The molecular formula is C24H16Br2Cl2N2O3S. The second-order valence-corrected chi connectivity index (χ2v) is 10.6. The predicted molar refractivity (Wildman–Crippen MR) is 146 cm³/mol. The maximum atomic E-state index is 12.5. The molecule has 0 radical (unpaired) electrons. The van der Waals surface area contributed by atoms with Gasteiger partial charge in [-0.05, 0) is 81.3 Å². The van der Waals surface area contributed by atoms with Crippen LogP contribution in [-0.2, 0) is 11.4 Å². The number of amidine groups is 1. The molecule has 0 bridgehead atoms. The first-order chi connectivity index (χ1) is 16.3. The Labute approximate surface area is 227 Å².